The third kappa shape index (κ3) is 6.04. The maximum atomic E-state index is 13.4. The first-order valence-corrected chi connectivity index (χ1v) is 12.0. The lowest BCUT2D eigenvalue weighted by Gasteiger charge is -2.20. The molecule has 0 saturated heterocycles. The predicted octanol–water partition coefficient (Wildman–Crippen LogP) is 4.78. The van der Waals surface area contributed by atoms with Crippen molar-refractivity contribution in [2.24, 2.45) is 7.05 Å². The van der Waals surface area contributed by atoms with Crippen LogP contribution in [0.2, 0.25) is 0 Å². The molecule has 2 heterocycles. The number of benzene rings is 2. The van der Waals surface area contributed by atoms with E-state index in [9.17, 15) is 4.79 Å². The van der Waals surface area contributed by atoms with Crippen LogP contribution in [0.25, 0.3) is 11.1 Å². The Kier molecular flexibility index (Phi) is 7.89. The largest absolute Gasteiger partial charge is 0.315 e. The Hall–Kier alpha value is -4.28. The fourth-order valence-electron chi connectivity index (χ4n) is 4.20. The number of nitrogens with one attached hydrogen (secondary N) is 2. The number of aromatic nitrogens is 3. The molecule has 4 rings (SSSR count). The molecule has 0 aliphatic heterocycles. The van der Waals surface area contributed by atoms with Gasteiger partial charge in [0, 0.05) is 43.2 Å². The number of aryl methyl sites for hydroxylation is 2. The van der Waals surface area contributed by atoms with Gasteiger partial charge in [-0.15, -0.1) is 0 Å². The zero-order chi connectivity index (χ0) is 25.5. The summed E-state index contributed by atoms with van der Waals surface area (Å²) in [5.41, 5.74) is 5.54. The predicted molar refractivity (Wildman–Crippen MR) is 141 cm³/mol. The molecule has 0 bridgehead atoms. The lowest BCUT2D eigenvalue weighted by Crippen LogP contribution is -2.32. The number of nitriles is 1. The average Bonchev–Trinajstić information content (AvgIpc) is 3.32. The molecule has 4 aromatic rings. The van der Waals surface area contributed by atoms with Crippen LogP contribution in [-0.4, -0.2) is 33.8 Å². The summed E-state index contributed by atoms with van der Waals surface area (Å²) in [4.78, 5) is 18.0. The molecule has 2 N–H and O–H groups in total. The van der Waals surface area contributed by atoms with E-state index in [1.165, 1.54) is 0 Å². The molecule has 2 aromatic carbocycles. The van der Waals surface area contributed by atoms with E-state index in [0.717, 1.165) is 27.9 Å². The standard InChI is InChI=1S/C29H30N6O/c1-20(23-11-9-22(15-30)10-12-23)16-31-18-27(24-7-5-4-6-8-24)29(36)34-28-14-13-26(21(2)33-28)25-17-32-35(3)19-25/h4-14,17,19-20,27,31H,16,18H2,1-3H3,(H,33,34,36)/t20-,27?/m1/s1. The second-order valence-corrected chi connectivity index (χ2v) is 8.98. The number of anilines is 1. The minimum Gasteiger partial charge on any atom is -0.315 e. The third-order valence-electron chi connectivity index (χ3n) is 6.28. The van der Waals surface area contributed by atoms with Gasteiger partial charge in [0.2, 0.25) is 5.91 Å². The van der Waals surface area contributed by atoms with Crippen LogP contribution in [0.4, 0.5) is 5.82 Å². The molecule has 0 spiro atoms. The minimum atomic E-state index is -0.375. The first-order valence-electron chi connectivity index (χ1n) is 12.0. The fourth-order valence-corrected chi connectivity index (χ4v) is 4.20. The van der Waals surface area contributed by atoms with Crippen molar-refractivity contribution >= 4 is 11.7 Å². The summed E-state index contributed by atoms with van der Waals surface area (Å²) in [6.45, 7) is 5.25. The molecule has 1 amide bonds. The smallest absolute Gasteiger partial charge is 0.234 e. The SMILES string of the molecule is Cc1nc(NC(=O)C(CNC[C@@H](C)c2ccc(C#N)cc2)c2ccccc2)ccc1-c1cnn(C)c1. The minimum absolute atomic E-state index is 0.110. The van der Waals surface area contributed by atoms with Gasteiger partial charge in [-0.2, -0.15) is 10.4 Å². The Bertz CT molecular complexity index is 1350. The number of carbonyl (C=O) groups is 1. The number of pyridine rings is 1. The molecule has 0 aliphatic carbocycles. The molecule has 7 nitrogen and oxygen atoms in total. The van der Waals surface area contributed by atoms with Crippen LogP contribution >= 0.6 is 0 Å². The first kappa shape index (κ1) is 24.8. The maximum absolute atomic E-state index is 13.4. The van der Waals surface area contributed by atoms with E-state index in [-0.39, 0.29) is 17.7 Å². The fraction of sp³-hybridized carbons (Fsp3) is 0.241. The highest BCUT2D eigenvalue weighted by Gasteiger charge is 2.21. The molecule has 182 valence electrons. The van der Waals surface area contributed by atoms with E-state index in [0.29, 0.717) is 24.5 Å². The summed E-state index contributed by atoms with van der Waals surface area (Å²) in [6.07, 6.45) is 3.75. The van der Waals surface area contributed by atoms with E-state index < -0.39 is 0 Å². The lowest BCUT2D eigenvalue weighted by atomic mass is 9.96. The molecule has 7 heteroatoms. The molecular weight excluding hydrogens is 448 g/mol. The van der Waals surface area contributed by atoms with Gasteiger partial charge in [0.15, 0.2) is 0 Å². The van der Waals surface area contributed by atoms with Crippen molar-refractivity contribution in [3.05, 3.63) is 102 Å². The maximum Gasteiger partial charge on any atom is 0.234 e. The Balaban J connectivity index is 1.43. The summed E-state index contributed by atoms with van der Waals surface area (Å²) < 4.78 is 1.75. The monoisotopic (exact) mass is 478 g/mol. The number of carbonyl (C=O) groups excluding carboxylic acids is 1. The zero-order valence-corrected chi connectivity index (χ0v) is 20.8. The number of hydrogen-bond acceptors (Lipinski definition) is 5. The number of nitrogens with zero attached hydrogens (tertiary/aromatic N) is 4. The molecular formula is C29H30N6O. The van der Waals surface area contributed by atoms with Gasteiger partial charge in [0.25, 0.3) is 0 Å². The zero-order valence-electron chi connectivity index (χ0n) is 20.8. The summed E-state index contributed by atoms with van der Waals surface area (Å²) in [5.74, 6) is 0.277. The summed E-state index contributed by atoms with van der Waals surface area (Å²) in [5, 5.41) is 19.7. The number of amides is 1. The topological polar surface area (TPSA) is 95.6 Å². The van der Waals surface area contributed by atoms with Gasteiger partial charge in [-0.1, -0.05) is 49.4 Å². The quantitative estimate of drug-likeness (QED) is 0.361. The van der Waals surface area contributed by atoms with Crippen LogP contribution in [0, 0.1) is 18.3 Å². The van der Waals surface area contributed by atoms with Gasteiger partial charge in [-0.25, -0.2) is 4.98 Å². The summed E-state index contributed by atoms with van der Waals surface area (Å²) >= 11 is 0. The van der Waals surface area contributed by atoms with Crippen LogP contribution in [-0.2, 0) is 11.8 Å². The second-order valence-electron chi connectivity index (χ2n) is 8.98. The van der Waals surface area contributed by atoms with E-state index in [2.05, 4.69) is 33.7 Å². The Morgan fingerprint density at radius 2 is 1.78 bits per heavy atom. The van der Waals surface area contributed by atoms with Gasteiger partial charge in [0.1, 0.15) is 5.82 Å². The van der Waals surface area contributed by atoms with Crippen LogP contribution in [0.5, 0.6) is 0 Å². The molecule has 2 aromatic heterocycles. The number of hydrogen-bond donors (Lipinski definition) is 2. The van der Waals surface area contributed by atoms with Crippen molar-refractivity contribution in [2.75, 3.05) is 18.4 Å². The molecule has 0 aliphatic rings. The molecule has 0 saturated carbocycles. The van der Waals surface area contributed by atoms with E-state index >= 15 is 0 Å². The number of rotatable bonds is 9. The summed E-state index contributed by atoms with van der Waals surface area (Å²) in [6, 6.07) is 23.4. The Morgan fingerprint density at radius 3 is 2.42 bits per heavy atom. The third-order valence-corrected chi connectivity index (χ3v) is 6.28. The van der Waals surface area contributed by atoms with Gasteiger partial charge in [-0.05, 0) is 48.2 Å². The van der Waals surface area contributed by atoms with Crippen molar-refractivity contribution in [3.8, 4) is 17.2 Å². The van der Waals surface area contributed by atoms with E-state index in [1.54, 1.807) is 10.9 Å². The highest BCUT2D eigenvalue weighted by molar-refractivity contribution is 5.95. The van der Waals surface area contributed by atoms with Gasteiger partial charge in [-0.3, -0.25) is 9.48 Å². The average molecular weight is 479 g/mol. The Morgan fingerprint density at radius 1 is 1.03 bits per heavy atom. The van der Waals surface area contributed by atoms with Crippen molar-refractivity contribution in [1.82, 2.24) is 20.1 Å². The van der Waals surface area contributed by atoms with Crippen molar-refractivity contribution in [2.45, 2.75) is 25.7 Å². The lowest BCUT2D eigenvalue weighted by molar-refractivity contribution is -0.117. The summed E-state index contributed by atoms with van der Waals surface area (Å²) in [7, 11) is 1.88. The van der Waals surface area contributed by atoms with Crippen LogP contribution < -0.4 is 10.6 Å². The van der Waals surface area contributed by atoms with Crippen LogP contribution in [0.15, 0.2) is 79.1 Å². The first-order chi connectivity index (χ1) is 17.4. The van der Waals surface area contributed by atoms with E-state index in [1.807, 2.05) is 86.9 Å². The molecule has 2 atom stereocenters. The van der Waals surface area contributed by atoms with Gasteiger partial charge < -0.3 is 10.6 Å². The van der Waals surface area contributed by atoms with E-state index in [4.69, 9.17) is 5.26 Å². The van der Waals surface area contributed by atoms with Crippen molar-refractivity contribution < 1.29 is 4.79 Å². The molecule has 1 unspecified atom stereocenters. The van der Waals surface area contributed by atoms with Crippen LogP contribution in [0.1, 0.15) is 41.1 Å². The van der Waals surface area contributed by atoms with Crippen molar-refractivity contribution in [1.29, 1.82) is 5.26 Å². The highest BCUT2D eigenvalue weighted by Crippen LogP contribution is 2.24. The normalized spacial score (nSPS) is 12.5. The molecule has 0 fully saturated rings. The second kappa shape index (κ2) is 11.4. The highest BCUT2D eigenvalue weighted by atomic mass is 16.2. The van der Waals surface area contributed by atoms with Gasteiger partial charge in [0.05, 0.1) is 23.7 Å². The molecule has 36 heavy (non-hydrogen) atoms. The van der Waals surface area contributed by atoms with Gasteiger partial charge >= 0.3 is 0 Å². The van der Waals surface area contributed by atoms with Crippen LogP contribution in [0.3, 0.4) is 0 Å². The molecule has 0 radical (unpaired) electrons. The Labute approximate surface area is 211 Å². The van der Waals surface area contributed by atoms with Crippen molar-refractivity contribution in [3.63, 3.8) is 0 Å².